The fourth-order valence-electron chi connectivity index (χ4n) is 4.78. The van der Waals surface area contributed by atoms with Gasteiger partial charge in [0.25, 0.3) is 0 Å². The van der Waals surface area contributed by atoms with Crippen molar-refractivity contribution in [3.05, 3.63) is 91.6 Å². The standard InChI is InChI=1S/C34H28N2O12/c1-5-43-29(37)19-14-22(32(40)46-8-4)26-23(15-19)33(41)47-28(36-26)18-11-9-17(10-12-18)27-35-24-16-20(30(38)44-6-2)13-21(31(39)45-7-3)25(24)34(42)48-27/h9-16H,5-8H2,1-4H3. The van der Waals surface area contributed by atoms with Gasteiger partial charge in [0.2, 0.25) is 11.8 Å². The van der Waals surface area contributed by atoms with Crippen LogP contribution < -0.4 is 11.3 Å². The Morgan fingerprint density at radius 1 is 0.583 bits per heavy atom. The molecule has 14 nitrogen and oxygen atoms in total. The molecule has 0 amide bonds. The second-order valence-corrected chi connectivity index (χ2v) is 9.91. The molecule has 0 spiro atoms. The normalized spacial score (nSPS) is 10.9. The van der Waals surface area contributed by atoms with E-state index in [-0.39, 0.29) is 82.3 Å². The molecule has 0 saturated carbocycles. The quantitative estimate of drug-likeness (QED) is 0.148. The Morgan fingerprint density at radius 2 is 1.04 bits per heavy atom. The third-order valence-corrected chi connectivity index (χ3v) is 6.86. The molecule has 3 aromatic carbocycles. The predicted octanol–water partition coefficient (Wildman–Crippen LogP) is 4.73. The average Bonchev–Trinajstić information content (AvgIpc) is 3.07. The number of benzene rings is 3. The summed E-state index contributed by atoms with van der Waals surface area (Å²) in [6, 6.07) is 11.0. The van der Waals surface area contributed by atoms with Gasteiger partial charge < -0.3 is 27.8 Å². The molecule has 0 radical (unpaired) electrons. The van der Waals surface area contributed by atoms with E-state index >= 15 is 0 Å². The Balaban J connectivity index is 1.59. The number of fused-ring (bicyclic) bond motifs is 2. The Kier molecular flexibility index (Phi) is 9.73. The lowest BCUT2D eigenvalue weighted by Crippen LogP contribution is -2.15. The van der Waals surface area contributed by atoms with Gasteiger partial charge in [0.05, 0.1) is 65.1 Å². The van der Waals surface area contributed by atoms with Gasteiger partial charge in [-0.15, -0.1) is 0 Å². The minimum atomic E-state index is -0.895. The summed E-state index contributed by atoms with van der Waals surface area (Å²) in [5.41, 5.74) is -1.59. The van der Waals surface area contributed by atoms with Gasteiger partial charge in [0.15, 0.2) is 0 Å². The number of carbonyl (C=O) groups excluding carboxylic acids is 4. The molecule has 246 valence electrons. The van der Waals surface area contributed by atoms with E-state index in [9.17, 15) is 28.8 Å². The number of nitrogens with zero attached hydrogens (tertiary/aromatic N) is 2. The minimum Gasteiger partial charge on any atom is -0.462 e. The molecule has 0 atom stereocenters. The van der Waals surface area contributed by atoms with Crippen LogP contribution in [0.15, 0.2) is 67.0 Å². The first-order chi connectivity index (χ1) is 23.1. The zero-order valence-corrected chi connectivity index (χ0v) is 26.2. The van der Waals surface area contributed by atoms with Crippen molar-refractivity contribution in [2.45, 2.75) is 27.7 Å². The Bertz CT molecular complexity index is 2200. The number of esters is 4. The van der Waals surface area contributed by atoms with Crippen molar-refractivity contribution in [2.75, 3.05) is 26.4 Å². The van der Waals surface area contributed by atoms with Crippen molar-refractivity contribution in [2.24, 2.45) is 0 Å². The smallest absolute Gasteiger partial charge is 0.347 e. The number of hydrogen-bond donors (Lipinski definition) is 0. The molecular weight excluding hydrogens is 628 g/mol. The molecule has 14 heteroatoms. The van der Waals surface area contributed by atoms with Gasteiger partial charge in [0, 0.05) is 11.1 Å². The van der Waals surface area contributed by atoms with E-state index in [2.05, 4.69) is 9.97 Å². The van der Waals surface area contributed by atoms with E-state index in [1.165, 1.54) is 48.5 Å². The first-order valence-corrected chi connectivity index (χ1v) is 14.9. The molecule has 0 saturated heterocycles. The Morgan fingerprint density at radius 3 is 1.60 bits per heavy atom. The number of aromatic nitrogens is 2. The monoisotopic (exact) mass is 656 g/mol. The van der Waals surface area contributed by atoms with Crippen LogP contribution in [-0.4, -0.2) is 60.3 Å². The summed E-state index contributed by atoms with van der Waals surface area (Å²) in [6.07, 6.45) is 0. The molecule has 0 fully saturated rings. The zero-order chi connectivity index (χ0) is 34.5. The first-order valence-electron chi connectivity index (χ1n) is 14.9. The van der Waals surface area contributed by atoms with Crippen molar-refractivity contribution in [1.82, 2.24) is 9.97 Å². The second kappa shape index (κ2) is 14.1. The molecule has 0 aliphatic carbocycles. The Labute approximate surface area is 271 Å². The minimum absolute atomic E-state index is 0.00481. The van der Waals surface area contributed by atoms with Crippen LogP contribution in [0.5, 0.6) is 0 Å². The maximum absolute atomic E-state index is 13.1. The number of ether oxygens (including phenoxy) is 4. The fourth-order valence-corrected chi connectivity index (χ4v) is 4.78. The van der Waals surface area contributed by atoms with Gasteiger partial charge in [0.1, 0.15) is 5.39 Å². The molecule has 0 unspecified atom stereocenters. The van der Waals surface area contributed by atoms with Gasteiger partial charge >= 0.3 is 35.1 Å². The van der Waals surface area contributed by atoms with E-state index in [4.69, 9.17) is 27.8 Å². The lowest BCUT2D eigenvalue weighted by Gasteiger charge is -2.10. The summed E-state index contributed by atoms with van der Waals surface area (Å²) in [7, 11) is 0. The van der Waals surface area contributed by atoms with Crippen molar-refractivity contribution < 1.29 is 47.0 Å². The van der Waals surface area contributed by atoms with Crippen LogP contribution in [0.25, 0.3) is 44.7 Å². The molecule has 0 aliphatic heterocycles. The van der Waals surface area contributed by atoms with Crippen LogP contribution in [0, 0.1) is 0 Å². The topological polar surface area (TPSA) is 191 Å². The molecular formula is C34H28N2O12. The van der Waals surface area contributed by atoms with Gasteiger partial charge in [-0.05, 0) is 76.2 Å². The van der Waals surface area contributed by atoms with Crippen LogP contribution in [0.3, 0.4) is 0 Å². The molecule has 2 aromatic heterocycles. The highest BCUT2D eigenvalue weighted by molar-refractivity contribution is 6.07. The third-order valence-electron chi connectivity index (χ3n) is 6.86. The van der Waals surface area contributed by atoms with Crippen LogP contribution in [0.4, 0.5) is 0 Å². The van der Waals surface area contributed by atoms with Crippen molar-refractivity contribution in [3.63, 3.8) is 0 Å². The highest BCUT2D eigenvalue weighted by atomic mass is 16.5. The van der Waals surface area contributed by atoms with E-state index in [1.807, 2.05) is 0 Å². The SMILES string of the molecule is CCOC(=O)c1cc(C(=O)OCC)c2c(=O)oc(-c3ccc(-c4nc5c(C(=O)OCC)cc(C(=O)OCC)cc5c(=O)o4)cc3)nc2c1. The summed E-state index contributed by atoms with van der Waals surface area (Å²) in [4.78, 5) is 85.4. The maximum atomic E-state index is 13.1. The summed E-state index contributed by atoms with van der Waals surface area (Å²) >= 11 is 0. The highest BCUT2D eigenvalue weighted by Crippen LogP contribution is 2.27. The lowest BCUT2D eigenvalue weighted by molar-refractivity contribution is 0.0507. The summed E-state index contributed by atoms with van der Waals surface area (Å²) in [5.74, 6) is -3.40. The van der Waals surface area contributed by atoms with Crippen molar-refractivity contribution in [3.8, 4) is 22.9 Å². The van der Waals surface area contributed by atoms with Crippen LogP contribution in [-0.2, 0) is 18.9 Å². The fraction of sp³-hybridized carbons (Fsp3) is 0.235. The maximum Gasteiger partial charge on any atom is 0.347 e. The summed E-state index contributed by atoms with van der Waals surface area (Å²) in [5, 5.41) is -0.303. The van der Waals surface area contributed by atoms with Gasteiger partial charge in [-0.1, -0.05) is 0 Å². The van der Waals surface area contributed by atoms with Gasteiger partial charge in [-0.25, -0.2) is 38.7 Å². The van der Waals surface area contributed by atoms with Crippen LogP contribution >= 0.6 is 0 Å². The predicted molar refractivity (Wildman–Crippen MR) is 169 cm³/mol. The van der Waals surface area contributed by atoms with E-state index < -0.39 is 35.1 Å². The van der Waals surface area contributed by atoms with E-state index in [0.717, 1.165) is 0 Å². The van der Waals surface area contributed by atoms with E-state index in [0.29, 0.717) is 11.1 Å². The summed E-state index contributed by atoms with van der Waals surface area (Å²) < 4.78 is 31.2. The molecule has 0 bridgehead atoms. The molecule has 5 aromatic rings. The van der Waals surface area contributed by atoms with Gasteiger partial charge in [-0.3, -0.25) is 0 Å². The molecule has 5 rings (SSSR count). The zero-order valence-electron chi connectivity index (χ0n) is 26.2. The number of hydrogen-bond acceptors (Lipinski definition) is 14. The molecule has 0 N–H and O–H groups in total. The summed E-state index contributed by atoms with van der Waals surface area (Å²) in [6.45, 7) is 6.66. The number of carbonyl (C=O) groups is 4. The van der Waals surface area contributed by atoms with E-state index in [1.54, 1.807) is 27.7 Å². The highest BCUT2D eigenvalue weighted by Gasteiger charge is 2.24. The average molecular weight is 657 g/mol. The van der Waals surface area contributed by atoms with Gasteiger partial charge in [-0.2, -0.15) is 0 Å². The number of rotatable bonds is 10. The van der Waals surface area contributed by atoms with Crippen LogP contribution in [0.2, 0.25) is 0 Å². The Hall–Kier alpha value is -6.18. The second-order valence-electron chi connectivity index (χ2n) is 9.91. The van der Waals surface area contributed by atoms with Crippen LogP contribution in [0.1, 0.15) is 69.1 Å². The van der Waals surface area contributed by atoms with Crippen molar-refractivity contribution >= 4 is 45.7 Å². The molecule has 48 heavy (non-hydrogen) atoms. The molecule has 2 heterocycles. The lowest BCUT2D eigenvalue weighted by atomic mass is 10.0. The molecule has 0 aliphatic rings. The first kappa shape index (κ1) is 33.2. The van der Waals surface area contributed by atoms with Crippen molar-refractivity contribution in [1.29, 1.82) is 0 Å². The largest absolute Gasteiger partial charge is 0.462 e. The third kappa shape index (κ3) is 6.54.